The molecule has 0 saturated heterocycles. The number of imidazole rings is 1. The molecule has 0 aromatic carbocycles. The maximum absolute atomic E-state index is 4.62. The van der Waals surface area contributed by atoms with Crippen molar-refractivity contribution in [3.8, 4) is 5.82 Å². The van der Waals surface area contributed by atoms with Crippen molar-refractivity contribution in [1.29, 1.82) is 0 Å². The second-order valence-corrected chi connectivity index (χ2v) is 5.67. The zero-order valence-corrected chi connectivity index (χ0v) is 10.6. The van der Waals surface area contributed by atoms with Crippen LogP contribution in [0.2, 0.25) is 0 Å². The molecule has 17 heavy (non-hydrogen) atoms. The highest BCUT2D eigenvalue weighted by atomic mass is 15.1. The molecule has 88 valence electrons. The molecule has 2 aromatic rings. The van der Waals surface area contributed by atoms with Gasteiger partial charge >= 0.3 is 0 Å². The molecule has 0 N–H and O–H groups in total. The van der Waals surface area contributed by atoms with Crippen LogP contribution in [0, 0.1) is 0 Å². The summed E-state index contributed by atoms with van der Waals surface area (Å²) in [6, 6.07) is 2.30. The summed E-state index contributed by atoms with van der Waals surface area (Å²) in [6.07, 6.45) is 7.90. The summed E-state index contributed by atoms with van der Waals surface area (Å²) in [5.41, 5.74) is 2.81. The van der Waals surface area contributed by atoms with Crippen LogP contribution in [0.1, 0.15) is 37.7 Å². The monoisotopic (exact) mass is 227 g/mol. The molecule has 1 aliphatic heterocycles. The average molecular weight is 227 g/mol. The number of aromatic nitrogens is 3. The summed E-state index contributed by atoms with van der Waals surface area (Å²) in [4.78, 5) is 8.97. The first-order valence-corrected chi connectivity index (χ1v) is 6.08. The Kier molecular flexibility index (Phi) is 2.12. The SMILES string of the molecule is CC(C)(C)c1cnc2c(c1)CCc1nccn1-2. The van der Waals surface area contributed by atoms with Crippen molar-refractivity contribution in [2.45, 2.75) is 39.0 Å². The number of hydrogen-bond donors (Lipinski definition) is 0. The molecule has 2 aromatic heterocycles. The van der Waals surface area contributed by atoms with Crippen LogP contribution in [-0.2, 0) is 18.3 Å². The second-order valence-electron chi connectivity index (χ2n) is 5.67. The zero-order chi connectivity index (χ0) is 12.0. The fraction of sp³-hybridized carbons (Fsp3) is 0.429. The van der Waals surface area contributed by atoms with E-state index in [9.17, 15) is 0 Å². The van der Waals surface area contributed by atoms with Gasteiger partial charge in [-0.05, 0) is 23.0 Å². The molecule has 0 unspecified atom stereocenters. The topological polar surface area (TPSA) is 30.7 Å². The Morgan fingerprint density at radius 2 is 2.00 bits per heavy atom. The number of hydrogen-bond acceptors (Lipinski definition) is 2. The summed E-state index contributed by atoms with van der Waals surface area (Å²) in [6.45, 7) is 6.67. The van der Waals surface area contributed by atoms with E-state index >= 15 is 0 Å². The van der Waals surface area contributed by atoms with Gasteiger partial charge in [0, 0.05) is 25.0 Å². The van der Waals surface area contributed by atoms with Gasteiger partial charge in [0.05, 0.1) is 0 Å². The average Bonchev–Trinajstić information content (AvgIpc) is 2.75. The molecule has 1 aliphatic rings. The second kappa shape index (κ2) is 3.42. The minimum absolute atomic E-state index is 0.164. The standard InChI is InChI=1S/C14H17N3/c1-14(2,3)11-8-10-4-5-12-15-6-7-17(12)13(10)16-9-11/h6-9H,4-5H2,1-3H3. The molecular formula is C14H17N3. The number of nitrogens with zero attached hydrogens (tertiary/aromatic N) is 3. The summed E-state index contributed by atoms with van der Waals surface area (Å²) < 4.78 is 2.10. The highest BCUT2D eigenvalue weighted by Crippen LogP contribution is 2.27. The van der Waals surface area contributed by atoms with E-state index < -0.39 is 0 Å². The Labute approximate surface area is 102 Å². The van der Waals surface area contributed by atoms with Gasteiger partial charge < -0.3 is 0 Å². The van der Waals surface area contributed by atoms with E-state index in [2.05, 4.69) is 41.4 Å². The number of fused-ring (bicyclic) bond motifs is 3. The van der Waals surface area contributed by atoms with Crippen LogP contribution in [0.25, 0.3) is 5.82 Å². The normalized spacial score (nSPS) is 14.3. The van der Waals surface area contributed by atoms with Gasteiger partial charge in [-0.15, -0.1) is 0 Å². The third-order valence-electron chi connectivity index (χ3n) is 3.37. The summed E-state index contributed by atoms with van der Waals surface area (Å²) >= 11 is 0. The Morgan fingerprint density at radius 1 is 1.18 bits per heavy atom. The van der Waals surface area contributed by atoms with E-state index in [1.807, 2.05) is 18.6 Å². The van der Waals surface area contributed by atoms with E-state index in [-0.39, 0.29) is 5.41 Å². The van der Waals surface area contributed by atoms with E-state index in [4.69, 9.17) is 0 Å². The van der Waals surface area contributed by atoms with Gasteiger partial charge in [0.25, 0.3) is 0 Å². The lowest BCUT2D eigenvalue weighted by Gasteiger charge is -2.23. The van der Waals surface area contributed by atoms with Crippen LogP contribution in [0.5, 0.6) is 0 Å². The zero-order valence-electron chi connectivity index (χ0n) is 10.6. The molecule has 0 atom stereocenters. The fourth-order valence-electron chi connectivity index (χ4n) is 2.27. The van der Waals surface area contributed by atoms with Gasteiger partial charge in [-0.1, -0.05) is 26.8 Å². The fourth-order valence-corrected chi connectivity index (χ4v) is 2.27. The molecule has 3 heteroatoms. The number of rotatable bonds is 0. The van der Waals surface area contributed by atoms with Crippen molar-refractivity contribution in [2.24, 2.45) is 0 Å². The minimum Gasteiger partial charge on any atom is -0.288 e. The summed E-state index contributed by atoms with van der Waals surface area (Å²) in [7, 11) is 0. The van der Waals surface area contributed by atoms with Crippen molar-refractivity contribution >= 4 is 0 Å². The molecule has 0 bridgehead atoms. The molecule has 0 spiro atoms. The third kappa shape index (κ3) is 1.66. The van der Waals surface area contributed by atoms with Gasteiger partial charge in [0.1, 0.15) is 11.6 Å². The predicted octanol–water partition coefficient (Wildman–Crippen LogP) is 2.66. The molecule has 3 heterocycles. The van der Waals surface area contributed by atoms with Gasteiger partial charge in [0.2, 0.25) is 0 Å². The van der Waals surface area contributed by atoms with Crippen molar-refractivity contribution in [3.05, 3.63) is 41.6 Å². The molecule has 0 aliphatic carbocycles. The Morgan fingerprint density at radius 3 is 2.76 bits per heavy atom. The number of aryl methyl sites for hydroxylation is 2. The first-order chi connectivity index (χ1) is 8.05. The van der Waals surface area contributed by atoms with Crippen molar-refractivity contribution < 1.29 is 0 Å². The van der Waals surface area contributed by atoms with Gasteiger partial charge in [-0.3, -0.25) is 4.57 Å². The largest absolute Gasteiger partial charge is 0.288 e. The minimum atomic E-state index is 0.164. The van der Waals surface area contributed by atoms with Crippen molar-refractivity contribution in [3.63, 3.8) is 0 Å². The smallest absolute Gasteiger partial charge is 0.141 e. The number of pyridine rings is 1. The predicted molar refractivity (Wildman–Crippen MR) is 67.5 cm³/mol. The van der Waals surface area contributed by atoms with Crippen LogP contribution in [0.15, 0.2) is 24.7 Å². The first kappa shape index (κ1) is 10.5. The lowest BCUT2D eigenvalue weighted by Crippen LogP contribution is -2.17. The maximum Gasteiger partial charge on any atom is 0.141 e. The molecule has 0 saturated carbocycles. The maximum atomic E-state index is 4.62. The first-order valence-electron chi connectivity index (χ1n) is 6.08. The van der Waals surface area contributed by atoms with E-state index in [0.717, 1.165) is 24.5 Å². The molecule has 0 amide bonds. The van der Waals surface area contributed by atoms with Crippen LogP contribution in [0.4, 0.5) is 0 Å². The van der Waals surface area contributed by atoms with Gasteiger partial charge in [-0.25, -0.2) is 9.97 Å². The Balaban J connectivity index is 2.14. The van der Waals surface area contributed by atoms with E-state index in [1.165, 1.54) is 11.1 Å². The van der Waals surface area contributed by atoms with Gasteiger partial charge in [0.15, 0.2) is 0 Å². The van der Waals surface area contributed by atoms with E-state index in [1.54, 1.807) is 0 Å². The Hall–Kier alpha value is -1.64. The third-order valence-corrected chi connectivity index (χ3v) is 3.37. The van der Waals surface area contributed by atoms with Crippen LogP contribution >= 0.6 is 0 Å². The highest BCUT2D eigenvalue weighted by Gasteiger charge is 2.21. The lowest BCUT2D eigenvalue weighted by molar-refractivity contribution is 0.584. The molecule has 3 rings (SSSR count). The molecular weight excluding hydrogens is 210 g/mol. The molecule has 0 radical (unpaired) electrons. The van der Waals surface area contributed by atoms with Crippen LogP contribution in [-0.4, -0.2) is 14.5 Å². The summed E-state index contributed by atoms with van der Waals surface area (Å²) in [5, 5.41) is 0. The van der Waals surface area contributed by atoms with Gasteiger partial charge in [-0.2, -0.15) is 0 Å². The highest BCUT2D eigenvalue weighted by molar-refractivity contribution is 5.41. The molecule has 0 fully saturated rings. The van der Waals surface area contributed by atoms with E-state index in [0.29, 0.717) is 0 Å². The summed E-state index contributed by atoms with van der Waals surface area (Å²) in [5.74, 6) is 2.17. The molecule has 3 nitrogen and oxygen atoms in total. The Bertz CT molecular complexity index is 561. The quantitative estimate of drug-likeness (QED) is 0.692. The van der Waals surface area contributed by atoms with Crippen molar-refractivity contribution in [2.75, 3.05) is 0 Å². The van der Waals surface area contributed by atoms with Crippen molar-refractivity contribution in [1.82, 2.24) is 14.5 Å². The lowest BCUT2D eigenvalue weighted by atomic mass is 9.87. The van der Waals surface area contributed by atoms with Crippen LogP contribution < -0.4 is 0 Å². The van der Waals surface area contributed by atoms with Crippen LogP contribution in [0.3, 0.4) is 0 Å².